The highest BCUT2D eigenvalue weighted by Crippen LogP contribution is 2.30. The van der Waals surface area contributed by atoms with Crippen molar-refractivity contribution in [3.63, 3.8) is 0 Å². The summed E-state index contributed by atoms with van der Waals surface area (Å²) in [6.45, 7) is 4.80. The van der Waals surface area contributed by atoms with Gasteiger partial charge in [0.1, 0.15) is 17.2 Å². The standard InChI is InChI=1S/C18H18FNO/c1-3-20-18(15-11-14(19)9-8-12(15)2)17-10-13-6-4-5-7-16(13)21-17/h4-11,18,20H,3H2,1-2H3. The second-order valence-electron chi connectivity index (χ2n) is 5.18. The zero-order valence-corrected chi connectivity index (χ0v) is 12.2. The van der Waals surface area contributed by atoms with Crippen molar-refractivity contribution in [3.05, 3.63) is 71.2 Å². The molecule has 0 fully saturated rings. The lowest BCUT2D eigenvalue weighted by molar-refractivity contribution is 0.474. The molecule has 0 aliphatic rings. The van der Waals surface area contributed by atoms with E-state index in [-0.39, 0.29) is 11.9 Å². The first-order chi connectivity index (χ1) is 10.2. The van der Waals surface area contributed by atoms with E-state index < -0.39 is 0 Å². The van der Waals surface area contributed by atoms with Crippen molar-refractivity contribution in [2.75, 3.05) is 6.54 Å². The molecule has 2 aromatic carbocycles. The molecule has 108 valence electrons. The first-order valence-electron chi connectivity index (χ1n) is 7.17. The quantitative estimate of drug-likeness (QED) is 0.758. The molecule has 3 aromatic rings. The minimum atomic E-state index is -0.227. The summed E-state index contributed by atoms with van der Waals surface area (Å²) in [7, 11) is 0. The Hall–Kier alpha value is -2.13. The molecule has 1 N–H and O–H groups in total. The molecule has 3 heteroatoms. The van der Waals surface area contributed by atoms with Gasteiger partial charge in [-0.3, -0.25) is 0 Å². The fraction of sp³-hybridized carbons (Fsp3) is 0.222. The van der Waals surface area contributed by atoms with Crippen LogP contribution in [0.25, 0.3) is 11.0 Å². The molecule has 1 heterocycles. The topological polar surface area (TPSA) is 25.2 Å². The van der Waals surface area contributed by atoms with Crippen molar-refractivity contribution in [2.45, 2.75) is 19.9 Å². The Bertz CT molecular complexity index is 730. The predicted octanol–water partition coefficient (Wildman–Crippen LogP) is 4.58. The number of rotatable bonds is 4. The van der Waals surface area contributed by atoms with Crippen molar-refractivity contribution in [1.82, 2.24) is 5.32 Å². The van der Waals surface area contributed by atoms with Crippen LogP contribution in [0.3, 0.4) is 0 Å². The average molecular weight is 283 g/mol. The monoisotopic (exact) mass is 283 g/mol. The Morgan fingerprint density at radius 3 is 2.71 bits per heavy atom. The Morgan fingerprint density at radius 2 is 1.95 bits per heavy atom. The van der Waals surface area contributed by atoms with Crippen LogP contribution in [-0.2, 0) is 0 Å². The summed E-state index contributed by atoms with van der Waals surface area (Å²) >= 11 is 0. The van der Waals surface area contributed by atoms with E-state index in [1.165, 1.54) is 6.07 Å². The molecule has 1 aromatic heterocycles. The van der Waals surface area contributed by atoms with Crippen LogP contribution in [0, 0.1) is 12.7 Å². The van der Waals surface area contributed by atoms with Crippen molar-refractivity contribution >= 4 is 11.0 Å². The third-order valence-corrected chi connectivity index (χ3v) is 3.69. The van der Waals surface area contributed by atoms with Crippen molar-refractivity contribution in [1.29, 1.82) is 0 Å². The largest absolute Gasteiger partial charge is 0.459 e. The van der Waals surface area contributed by atoms with E-state index in [2.05, 4.69) is 5.32 Å². The maximum Gasteiger partial charge on any atom is 0.134 e. The number of furan rings is 1. The Morgan fingerprint density at radius 1 is 1.14 bits per heavy atom. The van der Waals surface area contributed by atoms with Gasteiger partial charge < -0.3 is 9.73 Å². The third-order valence-electron chi connectivity index (χ3n) is 3.69. The molecule has 0 aliphatic carbocycles. The van der Waals surface area contributed by atoms with Crippen LogP contribution in [-0.4, -0.2) is 6.54 Å². The van der Waals surface area contributed by atoms with Crippen molar-refractivity contribution in [3.8, 4) is 0 Å². The Kier molecular flexibility index (Phi) is 3.76. The SMILES string of the molecule is CCNC(c1cc2ccccc2o1)c1cc(F)ccc1C. The third kappa shape index (κ3) is 2.69. The van der Waals surface area contributed by atoms with Crippen LogP contribution >= 0.6 is 0 Å². The van der Waals surface area contributed by atoms with E-state index in [1.807, 2.05) is 44.2 Å². The van der Waals surface area contributed by atoms with Gasteiger partial charge in [-0.2, -0.15) is 0 Å². The highest BCUT2D eigenvalue weighted by Gasteiger charge is 2.20. The number of halogens is 1. The summed E-state index contributed by atoms with van der Waals surface area (Å²) in [6, 6.07) is 14.6. The van der Waals surface area contributed by atoms with Gasteiger partial charge in [0.2, 0.25) is 0 Å². The lowest BCUT2D eigenvalue weighted by atomic mass is 9.99. The first-order valence-corrected chi connectivity index (χ1v) is 7.17. The lowest BCUT2D eigenvalue weighted by Gasteiger charge is -2.18. The lowest BCUT2D eigenvalue weighted by Crippen LogP contribution is -2.22. The molecule has 0 radical (unpaired) electrons. The minimum absolute atomic E-state index is 0.141. The summed E-state index contributed by atoms with van der Waals surface area (Å²) < 4.78 is 19.6. The zero-order valence-electron chi connectivity index (χ0n) is 12.2. The normalized spacial score (nSPS) is 12.7. The average Bonchev–Trinajstić information content (AvgIpc) is 2.91. The highest BCUT2D eigenvalue weighted by atomic mass is 19.1. The minimum Gasteiger partial charge on any atom is -0.459 e. The van der Waals surface area contributed by atoms with Gasteiger partial charge >= 0.3 is 0 Å². The summed E-state index contributed by atoms with van der Waals surface area (Å²) in [4.78, 5) is 0. The summed E-state index contributed by atoms with van der Waals surface area (Å²) in [5.74, 6) is 0.585. The summed E-state index contributed by atoms with van der Waals surface area (Å²) in [5, 5.41) is 4.44. The number of benzene rings is 2. The van der Waals surface area contributed by atoms with Crippen molar-refractivity contribution < 1.29 is 8.81 Å². The van der Waals surface area contributed by atoms with Gasteiger partial charge in [0, 0.05) is 5.39 Å². The molecule has 0 spiro atoms. The Balaban J connectivity index is 2.10. The van der Waals surface area contributed by atoms with Gasteiger partial charge in [-0.05, 0) is 48.9 Å². The fourth-order valence-electron chi connectivity index (χ4n) is 2.63. The molecule has 0 amide bonds. The van der Waals surface area contributed by atoms with E-state index in [4.69, 9.17) is 4.42 Å². The number of hydrogen-bond acceptors (Lipinski definition) is 2. The maximum atomic E-state index is 13.6. The zero-order chi connectivity index (χ0) is 14.8. The van der Waals surface area contributed by atoms with E-state index in [9.17, 15) is 4.39 Å². The molecule has 0 aliphatic heterocycles. The van der Waals surface area contributed by atoms with Gasteiger partial charge in [0.05, 0.1) is 6.04 Å². The van der Waals surface area contributed by atoms with Gasteiger partial charge in [0.25, 0.3) is 0 Å². The van der Waals surface area contributed by atoms with E-state index in [1.54, 1.807) is 12.1 Å². The van der Waals surface area contributed by atoms with Crippen LogP contribution in [0.2, 0.25) is 0 Å². The number of aryl methyl sites for hydroxylation is 1. The van der Waals surface area contributed by atoms with Gasteiger partial charge in [0.15, 0.2) is 0 Å². The molecule has 3 rings (SSSR count). The summed E-state index contributed by atoms with van der Waals surface area (Å²) in [6.07, 6.45) is 0. The molecule has 0 saturated carbocycles. The van der Waals surface area contributed by atoms with Crippen LogP contribution in [0.1, 0.15) is 29.9 Å². The van der Waals surface area contributed by atoms with E-state index >= 15 is 0 Å². The molecule has 1 atom stereocenters. The smallest absolute Gasteiger partial charge is 0.134 e. The van der Waals surface area contributed by atoms with E-state index in [0.29, 0.717) is 0 Å². The van der Waals surface area contributed by atoms with Crippen LogP contribution in [0.5, 0.6) is 0 Å². The van der Waals surface area contributed by atoms with Crippen LogP contribution in [0.15, 0.2) is 52.9 Å². The highest BCUT2D eigenvalue weighted by molar-refractivity contribution is 5.78. The molecule has 1 unspecified atom stereocenters. The second kappa shape index (κ2) is 5.70. The van der Waals surface area contributed by atoms with Gasteiger partial charge in [-0.15, -0.1) is 0 Å². The summed E-state index contributed by atoms with van der Waals surface area (Å²) in [5.41, 5.74) is 2.81. The fourth-order valence-corrected chi connectivity index (χ4v) is 2.63. The molecule has 0 bridgehead atoms. The molecular formula is C18H18FNO. The first kappa shape index (κ1) is 13.8. The Labute approximate surface area is 123 Å². The number of nitrogens with one attached hydrogen (secondary N) is 1. The number of fused-ring (bicyclic) bond motifs is 1. The molecule has 2 nitrogen and oxygen atoms in total. The van der Waals surface area contributed by atoms with Crippen LogP contribution in [0.4, 0.5) is 4.39 Å². The predicted molar refractivity (Wildman–Crippen MR) is 82.9 cm³/mol. The van der Waals surface area contributed by atoms with E-state index in [0.717, 1.165) is 34.4 Å². The molecular weight excluding hydrogens is 265 g/mol. The molecule has 21 heavy (non-hydrogen) atoms. The number of para-hydroxylation sites is 1. The second-order valence-corrected chi connectivity index (χ2v) is 5.18. The van der Waals surface area contributed by atoms with Gasteiger partial charge in [-0.25, -0.2) is 4.39 Å². The number of hydrogen-bond donors (Lipinski definition) is 1. The molecule has 0 saturated heterocycles. The van der Waals surface area contributed by atoms with Crippen molar-refractivity contribution in [2.24, 2.45) is 0 Å². The van der Waals surface area contributed by atoms with Gasteiger partial charge in [-0.1, -0.05) is 31.2 Å². The maximum absolute atomic E-state index is 13.6. The van der Waals surface area contributed by atoms with Crippen LogP contribution < -0.4 is 5.32 Å².